The van der Waals surface area contributed by atoms with Crippen LogP contribution in [0.5, 0.6) is 5.75 Å². The van der Waals surface area contributed by atoms with Gasteiger partial charge in [0.15, 0.2) is 5.78 Å². The lowest BCUT2D eigenvalue weighted by molar-refractivity contribution is 0.0875. The molecule has 2 aliphatic carbocycles. The normalized spacial score (nSPS) is 29.6. The number of benzene rings is 1. The van der Waals surface area contributed by atoms with Crippen LogP contribution >= 0.6 is 11.6 Å². The number of ketones is 1. The predicted molar refractivity (Wildman–Crippen MR) is 71.3 cm³/mol. The summed E-state index contributed by atoms with van der Waals surface area (Å²) in [7, 11) is 1.60. The summed E-state index contributed by atoms with van der Waals surface area (Å²) >= 11 is 6.18. The number of rotatable bonds is 3. The molecule has 3 unspecified atom stereocenters. The molecule has 2 nitrogen and oxygen atoms in total. The second-order valence-electron chi connectivity index (χ2n) is 5.49. The average Bonchev–Trinajstić information content (AvgIpc) is 3.00. The highest BCUT2D eigenvalue weighted by Crippen LogP contribution is 2.49. The number of methoxy groups -OCH3 is 1. The summed E-state index contributed by atoms with van der Waals surface area (Å²) in [6, 6.07) is 5.34. The van der Waals surface area contributed by atoms with Crippen molar-refractivity contribution < 1.29 is 9.53 Å². The minimum Gasteiger partial charge on any atom is -0.497 e. The van der Waals surface area contributed by atoms with E-state index in [1.807, 2.05) is 6.07 Å². The lowest BCUT2D eigenvalue weighted by Crippen LogP contribution is -2.21. The summed E-state index contributed by atoms with van der Waals surface area (Å²) in [5.41, 5.74) is 0.662. The Bertz CT molecular complexity index is 483. The Labute approximate surface area is 112 Å². The van der Waals surface area contributed by atoms with Crippen LogP contribution in [-0.2, 0) is 0 Å². The molecule has 18 heavy (non-hydrogen) atoms. The van der Waals surface area contributed by atoms with Gasteiger partial charge in [-0.3, -0.25) is 4.79 Å². The first kappa shape index (κ1) is 12.0. The molecular formula is C15H17ClO2. The molecular weight excluding hydrogens is 248 g/mol. The third kappa shape index (κ3) is 1.93. The van der Waals surface area contributed by atoms with E-state index in [9.17, 15) is 4.79 Å². The molecule has 0 aliphatic heterocycles. The number of carbonyl (C=O) groups excluding carboxylic acids is 1. The molecule has 1 aromatic rings. The molecule has 96 valence electrons. The van der Waals surface area contributed by atoms with Crippen LogP contribution < -0.4 is 4.74 Å². The van der Waals surface area contributed by atoms with Crippen LogP contribution in [0.3, 0.4) is 0 Å². The number of carbonyl (C=O) groups is 1. The van der Waals surface area contributed by atoms with E-state index in [0.29, 0.717) is 22.3 Å². The van der Waals surface area contributed by atoms with Gasteiger partial charge in [-0.1, -0.05) is 18.0 Å². The Balaban J connectivity index is 1.84. The highest BCUT2D eigenvalue weighted by molar-refractivity contribution is 6.34. The maximum Gasteiger partial charge on any atom is 0.167 e. The van der Waals surface area contributed by atoms with Crippen LogP contribution in [0.15, 0.2) is 18.2 Å². The van der Waals surface area contributed by atoms with Crippen molar-refractivity contribution in [3.63, 3.8) is 0 Å². The van der Waals surface area contributed by atoms with Crippen LogP contribution in [0.2, 0.25) is 5.02 Å². The number of hydrogen-bond acceptors (Lipinski definition) is 2. The van der Waals surface area contributed by atoms with E-state index in [4.69, 9.17) is 16.3 Å². The Morgan fingerprint density at radius 1 is 1.33 bits per heavy atom. The SMILES string of the molecule is COc1ccc(C(=O)C2CC3CCC2C3)c(Cl)c1. The molecule has 0 N–H and O–H groups in total. The molecule has 2 fully saturated rings. The van der Waals surface area contributed by atoms with E-state index < -0.39 is 0 Å². The lowest BCUT2D eigenvalue weighted by Gasteiger charge is -2.20. The monoisotopic (exact) mass is 264 g/mol. The van der Waals surface area contributed by atoms with Crippen molar-refractivity contribution in [2.45, 2.75) is 25.7 Å². The van der Waals surface area contributed by atoms with E-state index in [-0.39, 0.29) is 11.7 Å². The number of halogens is 1. The lowest BCUT2D eigenvalue weighted by atomic mass is 9.83. The van der Waals surface area contributed by atoms with E-state index in [0.717, 1.165) is 12.3 Å². The Kier molecular flexibility index (Phi) is 3.06. The fourth-order valence-corrected chi connectivity index (χ4v) is 3.85. The Morgan fingerprint density at radius 3 is 2.72 bits per heavy atom. The van der Waals surface area contributed by atoms with Gasteiger partial charge in [-0.05, 0) is 49.3 Å². The van der Waals surface area contributed by atoms with Gasteiger partial charge in [0, 0.05) is 11.5 Å². The first-order valence-electron chi connectivity index (χ1n) is 6.57. The number of ether oxygens (including phenoxy) is 1. The van der Waals surface area contributed by atoms with E-state index in [1.54, 1.807) is 19.2 Å². The second-order valence-corrected chi connectivity index (χ2v) is 5.90. The van der Waals surface area contributed by atoms with Gasteiger partial charge in [0.05, 0.1) is 12.1 Å². The largest absolute Gasteiger partial charge is 0.497 e. The number of hydrogen-bond donors (Lipinski definition) is 0. The fraction of sp³-hybridized carbons (Fsp3) is 0.533. The summed E-state index contributed by atoms with van der Waals surface area (Å²) in [6.07, 6.45) is 4.83. The van der Waals surface area contributed by atoms with E-state index in [2.05, 4.69) is 0 Å². The van der Waals surface area contributed by atoms with Gasteiger partial charge in [0.2, 0.25) is 0 Å². The molecule has 0 aromatic heterocycles. The minimum atomic E-state index is 0.203. The van der Waals surface area contributed by atoms with Gasteiger partial charge < -0.3 is 4.74 Å². The smallest absolute Gasteiger partial charge is 0.167 e. The van der Waals surface area contributed by atoms with Crippen molar-refractivity contribution >= 4 is 17.4 Å². The summed E-state index contributed by atoms with van der Waals surface area (Å²) in [4.78, 5) is 12.5. The second kappa shape index (κ2) is 4.58. The van der Waals surface area contributed by atoms with Crippen molar-refractivity contribution in [2.75, 3.05) is 7.11 Å². The summed E-state index contributed by atoms with van der Waals surface area (Å²) < 4.78 is 5.11. The summed E-state index contributed by atoms with van der Waals surface area (Å²) in [5.74, 6) is 2.51. The maximum absolute atomic E-state index is 12.5. The molecule has 3 rings (SSSR count). The summed E-state index contributed by atoms with van der Waals surface area (Å²) in [6.45, 7) is 0. The molecule has 0 amide bonds. The average molecular weight is 265 g/mol. The molecule has 0 heterocycles. The van der Waals surface area contributed by atoms with Crippen molar-refractivity contribution in [1.82, 2.24) is 0 Å². The first-order valence-corrected chi connectivity index (χ1v) is 6.94. The van der Waals surface area contributed by atoms with E-state index >= 15 is 0 Å². The molecule has 3 atom stereocenters. The van der Waals surface area contributed by atoms with Gasteiger partial charge in [-0.2, -0.15) is 0 Å². The van der Waals surface area contributed by atoms with Gasteiger partial charge in [-0.15, -0.1) is 0 Å². The van der Waals surface area contributed by atoms with Crippen LogP contribution in [0.4, 0.5) is 0 Å². The third-order valence-electron chi connectivity index (χ3n) is 4.52. The highest BCUT2D eigenvalue weighted by atomic mass is 35.5. The van der Waals surface area contributed by atoms with Crippen LogP contribution in [-0.4, -0.2) is 12.9 Å². The van der Waals surface area contributed by atoms with Gasteiger partial charge in [0.1, 0.15) is 5.75 Å². The van der Waals surface area contributed by atoms with Gasteiger partial charge >= 0.3 is 0 Å². The topological polar surface area (TPSA) is 26.3 Å². The predicted octanol–water partition coefficient (Wildman–Crippen LogP) is 3.97. The zero-order chi connectivity index (χ0) is 12.7. The standard InChI is InChI=1S/C15H17ClO2/c1-18-11-4-5-12(14(16)8-11)15(17)13-7-9-2-3-10(13)6-9/h4-5,8-10,13H,2-3,6-7H2,1H3. The molecule has 2 bridgehead atoms. The Morgan fingerprint density at radius 2 is 2.17 bits per heavy atom. The van der Waals surface area contributed by atoms with Gasteiger partial charge in [-0.25, -0.2) is 0 Å². The molecule has 1 aromatic carbocycles. The van der Waals surface area contributed by atoms with Gasteiger partial charge in [0.25, 0.3) is 0 Å². The van der Waals surface area contributed by atoms with Crippen molar-refractivity contribution in [3.8, 4) is 5.75 Å². The number of fused-ring (bicyclic) bond motifs is 2. The third-order valence-corrected chi connectivity index (χ3v) is 4.83. The molecule has 0 radical (unpaired) electrons. The minimum absolute atomic E-state index is 0.203. The van der Waals surface area contributed by atoms with Crippen LogP contribution in [0.25, 0.3) is 0 Å². The van der Waals surface area contributed by atoms with Crippen LogP contribution in [0, 0.1) is 17.8 Å². The molecule has 0 spiro atoms. The molecule has 2 saturated carbocycles. The maximum atomic E-state index is 12.5. The summed E-state index contributed by atoms with van der Waals surface area (Å²) in [5, 5.41) is 0.516. The zero-order valence-corrected chi connectivity index (χ0v) is 11.2. The van der Waals surface area contributed by atoms with Crippen LogP contribution in [0.1, 0.15) is 36.0 Å². The van der Waals surface area contributed by atoms with E-state index in [1.165, 1.54) is 19.3 Å². The number of Topliss-reactive ketones (excluding diaryl/α,β-unsaturated/α-hetero) is 1. The molecule has 3 heteroatoms. The van der Waals surface area contributed by atoms with Crippen molar-refractivity contribution in [1.29, 1.82) is 0 Å². The highest BCUT2D eigenvalue weighted by Gasteiger charge is 2.43. The molecule has 2 aliphatic rings. The first-order chi connectivity index (χ1) is 8.69. The van der Waals surface area contributed by atoms with Crippen molar-refractivity contribution in [3.05, 3.63) is 28.8 Å². The molecule has 0 saturated heterocycles. The quantitative estimate of drug-likeness (QED) is 0.772. The van der Waals surface area contributed by atoms with Crippen molar-refractivity contribution in [2.24, 2.45) is 17.8 Å². The Hall–Kier alpha value is -1.02. The fourth-order valence-electron chi connectivity index (χ4n) is 3.59. The zero-order valence-electron chi connectivity index (χ0n) is 10.5.